The maximum atomic E-state index is 13.0. The van der Waals surface area contributed by atoms with Gasteiger partial charge < -0.3 is 9.64 Å². The van der Waals surface area contributed by atoms with Gasteiger partial charge in [-0.05, 0) is 18.2 Å². The van der Waals surface area contributed by atoms with Crippen molar-refractivity contribution in [2.45, 2.75) is 6.18 Å². The van der Waals surface area contributed by atoms with Crippen LogP contribution >= 0.6 is 0 Å². The summed E-state index contributed by atoms with van der Waals surface area (Å²) in [5.41, 5.74) is 1.10. The minimum atomic E-state index is -4.41. The third-order valence-electron chi connectivity index (χ3n) is 4.74. The third kappa shape index (κ3) is 3.33. The number of nitrogens with zero attached hydrogens (tertiary/aromatic N) is 4. The molecule has 1 aliphatic rings. The molecule has 1 aromatic carbocycles. The fourth-order valence-electron chi connectivity index (χ4n) is 3.21. The summed E-state index contributed by atoms with van der Waals surface area (Å²) < 4.78 is 45.3. The topological polar surface area (TPSA) is 60.2 Å². The van der Waals surface area contributed by atoms with Crippen LogP contribution in [0.3, 0.4) is 0 Å². The van der Waals surface area contributed by atoms with E-state index in [-0.39, 0.29) is 5.91 Å². The minimum Gasteiger partial charge on any atom is -0.378 e. The van der Waals surface area contributed by atoms with E-state index in [2.05, 4.69) is 10.1 Å². The summed E-state index contributed by atoms with van der Waals surface area (Å²) in [6.07, 6.45) is -2.83. The molecule has 3 heterocycles. The van der Waals surface area contributed by atoms with Crippen LogP contribution in [0.5, 0.6) is 0 Å². The average Bonchev–Trinajstić information content (AvgIpc) is 3.08. The highest BCUT2D eigenvalue weighted by molar-refractivity contribution is 6.06. The fraction of sp³-hybridized carbons (Fsp3) is 0.316. The van der Waals surface area contributed by atoms with Gasteiger partial charge in [-0.1, -0.05) is 12.1 Å². The van der Waals surface area contributed by atoms with Gasteiger partial charge in [0.2, 0.25) is 0 Å². The van der Waals surface area contributed by atoms with Gasteiger partial charge in [0.25, 0.3) is 5.91 Å². The Labute approximate surface area is 158 Å². The van der Waals surface area contributed by atoms with Crippen molar-refractivity contribution in [3.05, 3.63) is 47.7 Å². The summed E-state index contributed by atoms with van der Waals surface area (Å²) >= 11 is 0. The number of rotatable bonds is 2. The maximum absolute atomic E-state index is 13.0. The minimum absolute atomic E-state index is 0.170. The summed E-state index contributed by atoms with van der Waals surface area (Å²) in [5.74, 6) is -0.170. The number of alkyl halides is 3. The van der Waals surface area contributed by atoms with Crippen LogP contribution in [-0.4, -0.2) is 51.9 Å². The second kappa shape index (κ2) is 6.90. The number of halogens is 3. The molecule has 0 N–H and O–H groups in total. The molecule has 0 saturated carbocycles. The molecule has 28 heavy (non-hydrogen) atoms. The zero-order valence-electron chi connectivity index (χ0n) is 15.0. The highest BCUT2D eigenvalue weighted by Gasteiger charge is 2.30. The number of hydrogen-bond acceptors (Lipinski definition) is 4. The zero-order valence-corrected chi connectivity index (χ0v) is 15.0. The standard InChI is InChI=1S/C19H17F3N4O2/c1-25-17-15(11-23-25)14(18(27)26-6-8-28-9-7-26)10-16(24-17)12-2-4-13(5-3-12)19(20,21)22/h2-5,10-11H,6-9H2,1H3. The number of aromatic nitrogens is 3. The number of benzene rings is 1. The summed E-state index contributed by atoms with van der Waals surface area (Å²) in [6.45, 7) is 1.91. The number of fused-ring (bicyclic) bond motifs is 1. The maximum Gasteiger partial charge on any atom is 0.416 e. The first kappa shape index (κ1) is 18.4. The molecule has 1 fully saturated rings. The van der Waals surface area contributed by atoms with E-state index in [1.54, 1.807) is 28.9 Å². The summed E-state index contributed by atoms with van der Waals surface area (Å²) in [4.78, 5) is 19.3. The first-order valence-electron chi connectivity index (χ1n) is 8.72. The smallest absolute Gasteiger partial charge is 0.378 e. The number of ether oxygens (including phenoxy) is 1. The molecular weight excluding hydrogens is 373 g/mol. The molecule has 0 atom stereocenters. The van der Waals surface area contributed by atoms with Gasteiger partial charge in [-0.15, -0.1) is 0 Å². The van der Waals surface area contributed by atoms with E-state index in [1.165, 1.54) is 12.1 Å². The number of hydrogen-bond donors (Lipinski definition) is 0. The van der Waals surface area contributed by atoms with E-state index < -0.39 is 11.7 Å². The van der Waals surface area contributed by atoms with E-state index in [0.717, 1.165) is 12.1 Å². The van der Waals surface area contributed by atoms with Crippen molar-refractivity contribution in [3.8, 4) is 11.3 Å². The predicted octanol–water partition coefficient (Wildman–Crippen LogP) is 3.13. The van der Waals surface area contributed by atoms with Gasteiger partial charge in [0.15, 0.2) is 5.65 Å². The van der Waals surface area contributed by atoms with Gasteiger partial charge in [-0.25, -0.2) is 4.98 Å². The molecule has 4 rings (SSSR count). The Balaban J connectivity index is 1.79. The zero-order chi connectivity index (χ0) is 19.9. The lowest BCUT2D eigenvalue weighted by molar-refractivity contribution is -0.137. The molecule has 0 unspecified atom stereocenters. The number of morpholine rings is 1. The Morgan fingerprint density at radius 1 is 1.14 bits per heavy atom. The molecule has 0 spiro atoms. The van der Waals surface area contributed by atoms with Crippen molar-refractivity contribution >= 4 is 16.9 Å². The van der Waals surface area contributed by atoms with Crippen LogP contribution in [0.25, 0.3) is 22.3 Å². The highest BCUT2D eigenvalue weighted by Crippen LogP contribution is 2.31. The second-order valence-electron chi connectivity index (χ2n) is 6.54. The second-order valence-corrected chi connectivity index (χ2v) is 6.54. The molecule has 146 valence electrons. The van der Waals surface area contributed by atoms with Gasteiger partial charge in [0.05, 0.1) is 41.6 Å². The first-order valence-corrected chi connectivity index (χ1v) is 8.72. The Kier molecular flexibility index (Phi) is 4.54. The van der Waals surface area contributed by atoms with Crippen LogP contribution in [-0.2, 0) is 18.0 Å². The van der Waals surface area contributed by atoms with Crippen LogP contribution in [0.1, 0.15) is 15.9 Å². The molecule has 6 nitrogen and oxygen atoms in total. The van der Waals surface area contributed by atoms with Gasteiger partial charge >= 0.3 is 6.18 Å². The van der Waals surface area contributed by atoms with Crippen molar-refractivity contribution in [2.75, 3.05) is 26.3 Å². The summed E-state index contributed by atoms with van der Waals surface area (Å²) in [5, 5.41) is 4.78. The molecule has 0 radical (unpaired) electrons. The van der Waals surface area contributed by atoms with Gasteiger partial charge in [-0.3, -0.25) is 9.48 Å². The number of carbonyl (C=O) groups is 1. The van der Waals surface area contributed by atoms with Gasteiger partial charge in [-0.2, -0.15) is 18.3 Å². The van der Waals surface area contributed by atoms with Crippen molar-refractivity contribution in [1.29, 1.82) is 0 Å². The molecule has 9 heteroatoms. The molecule has 3 aromatic rings. The quantitative estimate of drug-likeness (QED) is 0.675. The van der Waals surface area contributed by atoms with Crippen LogP contribution in [0, 0.1) is 0 Å². The van der Waals surface area contributed by atoms with Crippen LogP contribution < -0.4 is 0 Å². The number of aryl methyl sites for hydroxylation is 1. The van der Waals surface area contributed by atoms with Crippen LogP contribution in [0.15, 0.2) is 36.5 Å². The van der Waals surface area contributed by atoms with Crippen molar-refractivity contribution in [1.82, 2.24) is 19.7 Å². The Hall–Kier alpha value is -2.94. The van der Waals surface area contributed by atoms with E-state index in [4.69, 9.17) is 4.74 Å². The Morgan fingerprint density at radius 2 is 1.82 bits per heavy atom. The number of amides is 1. The van der Waals surface area contributed by atoms with Crippen molar-refractivity contribution < 1.29 is 22.7 Å². The number of carbonyl (C=O) groups excluding carboxylic acids is 1. The monoisotopic (exact) mass is 390 g/mol. The molecule has 1 saturated heterocycles. The van der Waals surface area contributed by atoms with Crippen molar-refractivity contribution in [3.63, 3.8) is 0 Å². The average molecular weight is 390 g/mol. The lowest BCUT2D eigenvalue weighted by Crippen LogP contribution is -2.40. The lowest BCUT2D eigenvalue weighted by Gasteiger charge is -2.27. The number of pyridine rings is 1. The third-order valence-corrected chi connectivity index (χ3v) is 4.74. The first-order chi connectivity index (χ1) is 13.3. The summed E-state index contributed by atoms with van der Waals surface area (Å²) in [7, 11) is 1.70. The van der Waals surface area contributed by atoms with E-state index in [0.29, 0.717) is 54.2 Å². The molecular formula is C19H17F3N4O2. The lowest BCUT2D eigenvalue weighted by atomic mass is 10.0. The Bertz CT molecular complexity index is 1020. The predicted molar refractivity (Wildman–Crippen MR) is 95.7 cm³/mol. The van der Waals surface area contributed by atoms with Gasteiger partial charge in [0.1, 0.15) is 0 Å². The normalized spacial score (nSPS) is 15.2. The molecule has 0 bridgehead atoms. The van der Waals surface area contributed by atoms with Crippen molar-refractivity contribution in [2.24, 2.45) is 7.05 Å². The van der Waals surface area contributed by atoms with E-state index in [9.17, 15) is 18.0 Å². The molecule has 1 amide bonds. The summed E-state index contributed by atoms with van der Waals surface area (Å²) in [6, 6.07) is 6.35. The largest absolute Gasteiger partial charge is 0.416 e. The SMILES string of the molecule is Cn1ncc2c(C(=O)N3CCOCC3)cc(-c3ccc(C(F)(F)F)cc3)nc21. The van der Waals surface area contributed by atoms with E-state index >= 15 is 0 Å². The highest BCUT2D eigenvalue weighted by atomic mass is 19.4. The molecule has 2 aromatic heterocycles. The molecule has 1 aliphatic heterocycles. The van der Waals surface area contributed by atoms with E-state index in [1.807, 2.05) is 0 Å². The Morgan fingerprint density at radius 3 is 2.46 bits per heavy atom. The van der Waals surface area contributed by atoms with Crippen LogP contribution in [0.2, 0.25) is 0 Å². The molecule has 0 aliphatic carbocycles. The van der Waals surface area contributed by atoms with Gasteiger partial charge in [0, 0.05) is 25.7 Å². The fourth-order valence-corrected chi connectivity index (χ4v) is 3.21. The van der Waals surface area contributed by atoms with Crippen LogP contribution in [0.4, 0.5) is 13.2 Å².